The second-order valence-corrected chi connectivity index (χ2v) is 8.42. The molecule has 1 rings (SSSR count). The Morgan fingerprint density at radius 3 is 2.14 bits per heavy atom. The zero-order valence-corrected chi connectivity index (χ0v) is 14.9. The van der Waals surface area contributed by atoms with Gasteiger partial charge in [-0.25, -0.2) is 12.7 Å². The smallest absolute Gasteiger partial charge is 0.242 e. The third-order valence-electron chi connectivity index (χ3n) is 3.56. The molecule has 0 spiro atoms. The largest absolute Gasteiger partial charge is 0.392 e. The Bertz CT molecular complexity index is 553. The number of aliphatic hydroxyl groups is 1. The summed E-state index contributed by atoms with van der Waals surface area (Å²) in [5.41, 5.74) is 0.995. The second kappa shape index (κ2) is 8.06. The van der Waals surface area contributed by atoms with E-state index in [1.807, 2.05) is 19.1 Å². The highest BCUT2D eigenvalue weighted by molar-refractivity contribution is 7.89. The zero-order chi connectivity index (χ0) is 16.9. The SMILES string of the molecule is CC(C)CC(O)CNC(C)c1ccc(S(=O)(=O)N(C)C)cc1. The molecule has 0 saturated heterocycles. The number of nitrogens with one attached hydrogen (secondary N) is 1. The number of aliphatic hydroxyl groups excluding tert-OH is 1. The molecule has 2 unspecified atom stereocenters. The highest BCUT2D eigenvalue weighted by atomic mass is 32.2. The predicted octanol–water partition coefficient (Wildman–Crippen LogP) is 1.99. The summed E-state index contributed by atoms with van der Waals surface area (Å²) in [6.07, 6.45) is 0.399. The molecule has 0 aromatic heterocycles. The molecule has 2 N–H and O–H groups in total. The standard InChI is InChI=1S/C16H28N2O3S/c1-12(2)10-15(19)11-17-13(3)14-6-8-16(9-7-14)22(20,21)18(4)5/h6-9,12-13,15,17,19H,10-11H2,1-5H3. The van der Waals surface area contributed by atoms with Crippen molar-refractivity contribution in [3.05, 3.63) is 29.8 Å². The van der Waals surface area contributed by atoms with Crippen molar-refractivity contribution in [3.63, 3.8) is 0 Å². The summed E-state index contributed by atoms with van der Waals surface area (Å²) in [4.78, 5) is 0.285. The molecule has 2 atom stereocenters. The van der Waals surface area contributed by atoms with Gasteiger partial charge in [-0.15, -0.1) is 0 Å². The van der Waals surface area contributed by atoms with Crippen molar-refractivity contribution < 1.29 is 13.5 Å². The molecule has 0 saturated carbocycles. The lowest BCUT2D eigenvalue weighted by Crippen LogP contribution is -2.30. The van der Waals surface area contributed by atoms with Gasteiger partial charge in [0.15, 0.2) is 0 Å². The van der Waals surface area contributed by atoms with Crippen molar-refractivity contribution in [2.75, 3.05) is 20.6 Å². The van der Waals surface area contributed by atoms with Gasteiger partial charge < -0.3 is 10.4 Å². The molecule has 0 aliphatic rings. The molecular formula is C16H28N2O3S. The van der Waals surface area contributed by atoms with E-state index >= 15 is 0 Å². The van der Waals surface area contributed by atoms with Gasteiger partial charge in [0.25, 0.3) is 0 Å². The van der Waals surface area contributed by atoms with Gasteiger partial charge in [0.1, 0.15) is 0 Å². The first kappa shape index (κ1) is 19.1. The van der Waals surface area contributed by atoms with Crippen LogP contribution in [0.4, 0.5) is 0 Å². The average molecular weight is 328 g/mol. The van der Waals surface area contributed by atoms with Gasteiger partial charge in [0.05, 0.1) is 11.0 Å². The molecule has 0 amide bonds. The summed E-state index contributed by atoms with van der Waals surface area (Å²) in [5.74, 6) is 0.461. The summed E-state index contributed by atoms with van der Waals surface area (Å²) in [6, 6.07) is 6.91. The van der Waals surface area contributed by atoms with E-state index in [1.165, 1.54) is 18.4 Å². The van der Waals surface area contributed by atoms with Crippen LogP contribution >= 0.6 is 0 Å². The van der Waals surface area contributed by atoms with Gasteiger partial charge in [0.2, 0.25) is 10.0 Å². The molecule has 0 radical (unpaired) electrons. The normalized spacial score (nSPS) is 15.3. The number of rotatable bonds is 8. The predicted molar refractivity (Wildman–Crippen MR) is 89.2 cm³/mol. The maximum Gasteiger partial charge on any atom is 0.242 e. The summed E-state index contributed by atoms with van der Waals surface area (Å²) in [5, 5.41) is 13.2. The minimum Gasteiger partial charge on any atom is -0.392 e. The molecule has 0 aliphatic heterocycles. The monoisotopic (exact) mass is 328 g/mol. The molecule has 0 aliphatic carbocycles. The van der Waals surface area contributed by atoms with Gasteiger partial charge in [0, 0.05) is 26.7 Å². The molecule has 126 valence electrons. The number of sulfonamides is 1. The third-order valence-corrected chi connectivity index (χ3v) is 5.39. The maximum absolute atomic E-state index is 12.0. The zero-order valence-electron chi connectivity index (χ0n) is 14.1. The van der Waals surface area contributed by atoms with E-state index in [0.29, 0.717) is 12.5 Å². The van der Waals surface area contributed by atoms with E-state index in [2.05, 4.69) is 19.2 Å². The van der Waals surface area contributed by atoms with Crippen molar-refractivity contribution in [1.82, 2.24) is 9.62 Å². The van der Waals surface area contributed by atoms with Crippen molar-refractivity contribution in [3.8, 4) is 0 Å². The first-order valence-electron chi connectivity index (χ1n) is 7.58. The van der Waals surface area contributed by atoms with Crippen LogP contribution in [0, 0.1) is 5.92 Å². The van der Waals surface area contributed by atoms with E-state index in [4.69, 9.17) is 0 Å². The van der Waals surface area contributed by atoms with Crippen LogP contribution in [0.15, 0.2) is 29.2 Å². The van der Waals surface area contributed by atoms with E-state index in [0.717, 1.165) is 12.0 Å². The Hall–Kier alpha value is -0.950. The molecule has 0 bridgehead atoms. The molecule has 0 heterocycles. The fourth-order valence-corrected chi connectivity index (χ4v) is 3.10. The van der Waals surface area contributed by atoms with Crippen LogP contribution < -0.4 is 5.32 Å². The molecule has 22 heavy (non-hydrogen) atoms. The fourth-order valence-electron chi connectivity index (χ4n) is 2.20. The van der Waals surface area contributed by atoms with Crippen molar-refractivity contribution in [2.24, 2.45) is 5.92 Å². The van der Waals surface area contributed by atoms with E-state index in [9.17, 15) is 13.5 Å². The summed E-state index contributed by atoms with van der Waals surface area (Å²) >= 11 is 0. The van der Waals surface area contributed by atoms with Crippen molar-refractivity contribution in [1.29, 1.82) is 0 Å². The molecule has 0 fully saturated rings. The topological polar surface area (TPSA) is 69.6 Å². The van der Waals surface area contributed by atoms with E-state index in [-0.39, 0.29) is 17.0 Å². The van der Waals surface area contributed by atoms with Crippen LogP contribution in [0.1, 0.15) is 38.8 Å². The van der Waals surface area contributed by atoms with Crippen LogP contribution in [-0.4, -0.2) is 44.6 Å². The minimum atomic E-state index is -3.39. The maximum atomic E-state index is 12.0. The number of nitrogens with zero attached hydrogens (tertiary/aromatic N) is 1. The molecule has 6 heteroatoms. The van der Waals surface area contributed by atoms with Gasteiger partial charge in [-0.1, -0.05) is 26.0 Å². The quantitative estimate of drug-likeness (QED) is 0.766. The minimum absolute atomic E-state index is 0.0536. The number of hydrogen-bond donors (Lipinski definition) is 2. The van der Waals surface area contributed by atoms with Gasteiger partial charge in [-0.3, -0.25) is 0 Å². The van der Waals surface area contributed by atoms with Crippen LogP contribution in [0.2, 0.25) is 0 Å². The molecule has 1 aromatic rings. The lowest BCUT2D eigenvalue weighted by molar-refractivity contribution is 0.143. The Morgan fingerprint density at radius 1 is 1.14 bits per heavy atom. The first-order valence-corrected chi connectivity index (χ1v) is 9.02. The lowest BCUT2D eigenvalue weighted by atomic mass is 10.0. The summed E-state index contributed by atoms with van der Waals surface area (Å²) in [6.45, 7) is 6.68. The highest BCUT2D eigenvalue weighted by Gasteiger charge is 2.17. The Labute approximate surface area is 134 Å². The van der Waals surface area contributed by atoms with Gasteiger partial charge in [-0.2, -0.15) is 0 Å². The van der Waals surface area contributed by atoms with Crippen LogP contribution in [0.5, 0.6) is 0 Å². The Morgan fingerprint density at radius 2 is 1.68 bits per heavy atom. The van der Waals surface area contributed by atoms with E-state index < -0.39 is 10.0 Å². The van der Waals surface area contributed by atoms with E-state index in [1.54, 1.807) is 12.1 Å². The average Bonchev–Trinajstić information content (AvgIpc) is 2.44. The molecule has 5 nitrogen and oxygen atoms in total. The summed E-state index contributed by atoms with van der Waals surface area (Å²) < 4.78 is 25.2. The first-order chi connectivity index (χ1) is 10.1. The van der Waals surface area contributed by atoms with Crippen LogP contribution in [0.25, 0.3) is 0 Å². The highest BCUT2D eigenvalue weighted by Crippen LogP contribution is 2.18. The van der Waals surface area contributed by atoms with Crippen LogP contribution in [-0.2, 0) is 10.0 Å². The number of hydrogen-bond acceptors (Lipinski definition) is 4. The van der Waals surface area contributed by atoms with Crippen molar-refractivity contribution >= 4 is 10.0 Å². The lowest BCUT2D eigenvalue weighted by Gasteiger charge is -2.19. The Balaban J connectivity index is 2.67. The van der Waals surface area contributed by atoms with Gasteiger partial charge in [-0.05, 0) is 37.0 Å². The van der Waals surface area contributed by atoms with Crippen molar-refractivity contribution in [2.45, 2.75) is 44.2 Å². The Kier molecular flexibility index (Phi) is 6.99. The van der Waals surface area contributed by atoms with Gasteiger partial charge >= 0.3 is 0 Å². The molecular weight excluding hydrogens is 300 g/mol. The molecule has 1 aromatic carbocycles. The second-order valence-electron chi connectivity index (χ2n) is 6.27. The number of benzene rings is 1. The van der Waals surface area contributed by atoms with Crippen LogP contribution in [0.3, 0.4) is 0 Å². The fraction of sp³-hybridized carbons (Fsp3) is 0.625. The third kappa shape index (κ3) is 5.35. The summed E-state index contributed by atoms with van der Waals surface area (Å²) in [7, 11) is -0.351.